The second kappa shape index (κ2) is 6.33. The van der Waals surface area contributed by atoms with Crippen LogP contribution in [0.3, 0.4) is 0 Å². The average molecular weight is 266 g/mol. The summed E-state index contributed by atoms with van der Waals surface area (Å²) in [5.41, 5.74) is -0.179. The summed E-state index contributed by atoms with van der Waals surface area (Å²) in [5, 5.41) is 11.5. The first-order valence-electron chi connectivity index (χ1n) is 6.38. The first kappa shape index (κ1) is 13.5. The molecule has 19 heavy (non-hydrogen) atoms. The van der Waals surface area contributed by atoms with E-state index >= 15 is 0 Å². The lowest BCUT2D eigenvalue weighted by molar-refractivity contribution is -0.136. The number of carboxylic acids is 1. The number of aromatic amines is 1. The standard InChI is InChI=1S/C12H18N4O3/c17-10(18)7-13-6-9-2-1-5-16(8-9)11-12(19)15-4-3-14-11/h3-4,9,13H,1-2,5-8H2,(H,15,19)(H,17,18). The van der Waals surface area contributed by atoms with E-state index in [9.17, 15) is 9.59 Å². The van der Waals surface area contributed by atoms with E-state index in [1.54, 1.807) is 6.20 Å². The van der Waals surface area contributed by atoms with Gasteiger partial charge in [-0.15, -0.1) is 0 Å². The van der Waals surface area contributed by atoms with Crippen molar-refractivity contribution < 1.29 is 9.90 Å². The van der Waals surface area contributed by atoms with Crippen molar-refractivity contribution in [3.63, 3.8) is 0 Å². The van der Waals surface area contributed by atoms with Crippen LogP contribution in [0.25, 0.3) is 0 Å². The highest BCUT2D eigenvalue weighted by Gasteiger charge is 2.22. The largest absolute Gasteiger partial charge is 0.480 e. The van der Waals surface area contributed by atoms with Gasteiger partial charge in [0.05, 0.1) is 6.54 Å². The number of piperidine rings is 1. The number of carboxylic acid groups (broad SMARTS) is 1. The van der Waals surface area contributed by atoms with Gasteiger partial charge in [0.1, 0.15) is 0 Å². The zero-order chi connectivity index (χ0) is 13.7. The third kappa shape index (κ3) is 3.78. The summed E-state index contributed by atoms with van der Waals surface area (Å²) in [5.74, 6) is -0.0613. The highest BCUT2D eigenvalue weighted by Crippen LogP contribution is 2.18. The lowest BCUT2D eigenvalue weighted by Gasteiger charge is -2.33. The molecule has 104 valence electrons. The third-order valence-electron chi connectivity index (χ3n) is 3.22. The molecule has 0 radical (unpaired) electrons. The Bertz CT molecular complexity index is 488. The first-order chi connectivity index (χ1) is 9.16. The molecule has 7 nitrogen and oxygen atoms in total. The lowest BCUT2D eigenvalue weighted by Crippen LogP contribution is -2.42. The molecule has 0 aliphatic carbocycles. The molecule has 0 aromatic carbocycles. The van der Waals surface area contributed by atoms with Crippen LogP contribution in [0.4, 0.5) is 5.82 Å². The average Bonchev–Trinajstić information content (AvgIpc) is 2.39. The van der Waals surface area contributed by atoms with Gasteiger partial charge in [0.15, 0.2) is 5.82 Å². The van der Waals surface area contributed by atoms with E-state index in [2.05, 4.69) is 15.3 Å². The van der Waals surface area contributed by atoms with Gasteiger partial charge in [-0.3, -0.25) is 9.59 Å². The van der Waals surface area contributed by atoms with Crippen molar-refractivity contribution >= 4 is 11.8 Å². The molecule has 1 aliphatic heterocycles. The van der Waals surface area contributed by atoms with Gasteiger partial charge in [-0.05, 0) is 18.8 Å². The van der Waals surface area contributed by atoms with E-state index < -0.39 is 5.97 Å². The molecule has 0 saturated carbocycles. The molecule has 1 fully saturated rings. The molecule has 0 spiro atoms. The topological polar surface area (TPSA) is 98.3 Å². The predicted molar refractivity (Wildman–Crippen MR) is 70.3 cm³/mol. The van der Waals surface area contributed by atoms with Gasteiger partial charge in [0.2, 0.25) is 0 Å². The molecule has 1 atom stereocenters. The second-order valence-electron chi connectivity index (χ2n) is 4.72. The normalized spacial score (nSPS) is 19.4. The van der Waals surface area contributed by atoms with Crippen LogP contribution in [0, 0.1) is 5.92 Å². The molecule has 0 amide bonds. The summed E-state index contributed by atoms with van der Waals surface area (Å²) in [6.45, 7) is 2.16. The Morgan fingerprint density at radius 2 is 2.47 bits per heavy atom. The fourth-order valence-electron chi connectivity index (χ4n) is 2.38. The Morgan fingerprint density at radius 3 is 3.21 bits per heavy atom. The van der Waals surface area contributed by atoms with E-state index in [4.69, 9.17) is 5.11 Å². The molecular weight excluding hydrogens is 248 g/mol. The minimum Gasteiger partial charge on any atom is -0.480 e. The summed E-state index contributed by atoms with van der Waals surface area (Å²) < 4.78 is 0. The number of anilines is 1. The maximum Gasteiger partial charge on any atom is 0.317 e. The molecule has 1 unspecified atom stereocenters. The Kier molecular flexibility index (Phi) is 4.51. The Labute approximate surface area is 110 Å². The molecule has 7 heteroatoms. The van der Waals surface area contributed by atoms with Crippen LogP contribution < -0.4 is 15.8 Å². The van der Waals surface area contributed by atoms with Crippen LogP contribution in [0.1, 0.15) is 12.8 Å². The molecule has 1 saturated heterocycles. The first-order valence-corrected chi connectivity index (χ1v) is 6.38. The van der Waals surface area contributed by atoms with Gasteiger partial charge in [0, 0.05) is 32.0 Å². The van der Waals surface area contributed by atoms with Crippen molar-refractivity contribution in [3.05, 3.63) is 22.7 Å². The summed E-state index contributed by atoms with van der Waals surface area (Å²) in [4.78, 5) is 30.8. The van der Waals surface area contributed by atoms with Gasteiger partial charge in [-0.25, -0.2) is 4.98 Å². The summed E-state index contributed by atoms with van der Waals surface area (Å²) >= 11 is 0. The number of aliphatic carboxylic acids is 1. The monoisotopic (exact) mass is 266 g/mol. The van der Waals surface area contributed by atoms with Crippen molar-refractivity contribution in [2.75, 3.05) is 31.1 Å². The number of aromatic nitrogens is 2. The number of nitrogens with one attached hydrogen (secondary N) is 2. The molecule has 0 bridgehead atoms. The zero-order valence-electron chi connectivity index (χ0n) is 10.6. The molecular formula is C12H18N4O3. The summed E-state index contributed by atoms with van der Waals surface area (Å²) in [6.07, 6.45) is 5.11. The van der Waals surface area contributed by atoms with Crippen molar-refractivity contribution in [2.24, 2.45) is 5.92 Å². The number of H-pyrrole nitrogens is 1. The van der Waals surface area contributed by atoms with Crippen molar-refractivity contribution in [2.45, 2.75) is 12.8 Å². The Hall–Kier alpha value is -1.89. The van der Waals surface area contributed by atoms with E-state index in [1.165, 1.54) is 6.20 Å². The number of nitrogens with zero attached hydrogens (tertiary/aromatic N) is 2. The molecule has 1 aromatic rings. The van der Waals surface area contributed by atoms with E-state index in [0.717, 1.165) is 25.9 Å². The van der Waals surface area contributed by atoms with Crippen LogP contribution in [-0.2, 0) is 4.79 Å². The van der Waals surface area contributed by atoms with Gasteiger partial charge < -0.3 is 20.3 Å². The van der Waals surface area contributed by atoms with E-state index in [0.29, 0.717) is 18.3 Å². The smallest absolute Gasteiger partial charge is 0.317 e. The van der Waals surface area contributed by atoms with Crippen molar-refractivity contribution in [3.8, 4) is 0 Å². The summed E-state index contributed by atoms with van der Waals surface area (Å²) in [7, 11) is 0. The van der Waals surface area contributed by atoms with Crippen LogP contribution in [0.2, 0.25) is 0 Å². The van der Waals surface area contributed by atoms with Crippen LogP contribution in [0.5, 0.6) is 0 Å². The molecule has 2 rings (SSSR count). The Morgan fingerprint density at radius 1 is 1.63 bits per heavy atom. The second-order valence-corrected chi connectivity index (χ2v) is 4.72. The Balaban J connectivity index is 1.92. The number of hydrogen-bond donors (Lipinski definition) is 3. The van der Waals surface area contributed by atoms with Crippen LogP contribution in [-0.4, -0.2) is 47.2 Å². The minimum absolute atomic E-state index is 0.0271. The lowest BCUT2D eigenvalue weighted by atomic mass is 9.98. The van der Waals surface area contributed by atoms with Gasteiger partial charge >= 0.3 is 5.97 Å². The highest BCUT2D eigenvalue weighted by atomic mass is 16.4. The van der Waals surface area contributed by atoms with E-state index in [1.807, 2.05) is 4.90 Å². The summed E-state index contributed by atoms with van der Waals surface area (Å²) in [6, 6.07) is 0. The van der Waals surface area contributed by atoms with Crippen molar-refractivity contribution in [1.82, 2.24) is 15.3 Å². The molecule has 1 aliphatic rings. The fraction of sp³-hybridized carbons (Fsp3) is 0.583. The molecule has 1 aromatic heterocycles. The fourth-order valence-corrected chi connectivity index (χ4v) is 2.38. The molecule has 3 N–H and O–H groups in total. The van der Waals surface area contributed by atoms with Gasteiger partial charge in [0.25, 0.3) is 5.56 Å². The maximum absolute atomic E-state index is 11.7. The van der Waals surface area contributed by atoms with Crippen molar-refractivity contribution in [1.29, 1.82) is 0 Å². The van der Waals surface area contributed by atoms with Gasteiger partial charge in [-0.2, -0.15) is 0 Å². The minimum atomic E-state index is -0.853. The third-order valence-corrected chi connectivity index (χ3v) is 3.22. The highest BCUT2D eigenvalue weighted by molar-refractivity contribution is 5.68. The van der Waals surface area contributed by atoms with E-state index in [-0.39, 0.29) is 12.1 Å². The van der Waals surface area contributed by atoms with Crippen LogP contribution in [0.15, 0.2) is 17.2 Å². The number of rotatable bonds is 5. The SMILES string of the molecule is O=C(O)CNCC1CCCN(c2ncc[nH]c2=O)C1. The molecule has 2 heterocycles. The van der Waals surface area contributed by atoms with Crippen LogP contribution >= 0.6 is 0 Å². The number of carbonyl (C=O) groups is 1. The van der Waals surface area contributed by atoms with Gasteiger partial charge in [-0.1, -0.05) is 0 Å². The zero-order valence-corrected chi connectivity index (χ0v) is 10.6. The quantitative estimate of drug-likeness (QED) is 0.674. The maximum atomic E-state index is 11.7. The number of hydrogen-bond acceptors (Lipinski definition) is 5. The predicted octanol–water partition coefficient (Wildman–Crippen LogP) is -0.340.